The summed E-state index contributed by atoms with van der Waals surface area (Å²) in [5.74, 6) is 0.554. The third-order valence-electron chi connectivity index (χ3n) is 2.69. The van der Waals surface area contributed by atoms with Crippen LogP contribution in [0.4, 0.5) is 0 Å². The normalized spacial score (nSPS) is 12.5. The number of phenols is 1. The molecule has 17 heavy (non-hydrogen) atoms. The first-order valence-electron chi connectivity index (χ1n) is 5.71. The van der Waals surface area contributed by atoms with Gasteiger partial charge in [0.25, 0.3) is 5.91 Å². The largest absolute Gasteiger partial charge is 0.507 e. The standard InChI is InChI=1S/C13H18ClNO2/c1-9(2)11(7-8-14)15-13(17)10-5-3-4-6-12(10)16/h3-6,9,11,16H,7-8H2,1-2H3,(H,15,17). The maximum absolute atomic E-state index is 11.9. The van der Waals surface area contributed by atoms with Gasteiger partial charge in [-0.1, -0.05) is 26.0 Å². The lowest BCUT2D eigenvalue weighted by Gasteiger charge is -2.21. The van der Waals surface area contributed by atoms with Crippen LogP contribution in [0.2, 0.25) is 0 Å². The van der Waals surface area contributed by atoms with Crippen molar-refractivity contribution in [3.8, 4) is 5.75 Å². The molecule has 1 aromatic rings. The quantitative estimate of drug-likeness (QED) is 0.795. The van der Waals surface area contributed by atoms with Crippen LogP contribution >= 0.6 is 11.6 Å². The Morgan fingerprint density at radius 3 is 2.59 bits per heavy atom. The molecule has 0 saturated carbocycles. The zero-order valence-corrected chi connectivity index (χ0v) is 10.9. The van der Waals surface area contributed by atoms with E-state index in [0.717, 1.165) is 6.42 Å². The Bertz CT molecular complexity index is 379. The number of halogens is 1. The van der Waals surface area contributed by atoms with Crippen molar-refractivity contribution in [3.05, 3.63) is 29.8 Å². The van der Waals surface area contributed by atoms with E-state index in [9.17, 15) is 9.90 Å². The van der Waals surface area contributed by atoms with Gasteiger partial charge in [-0.25, -0.2) is 0 Å². The van der Waals surface area contributed by atoms with E-state index in [-0.39, 0.29) is 17.7 Å². The average Bonchev–Trinajstić information content (AvgIpc) is 2.28. The molecule has 0 aromatic heterocycles. The minimum Gasteiger partial charge on any atom is -0.507 e. The van der Waals surface area contributed by atoms with Crippen molar-refractivity contribution in [2.75, 3.05) is 5.88 Å². The third kappa shape index (κ3) is 3.93. The highest BCUT2D eigenvalue weighted by Gasteiger charge is 2.18. The van der Waals surface area contributed by atoms with E-state index in [1.54, 1.807) is 18.2 Å². The lowest BCUT2D eigenvalue weighted by Crippen LogP contribution is -2.38. The fourth-order valence-corrected chi connectivity index (χ4v) is 1.84. The fourth-order valence-electron chi connectivity index (χ4n) is 1.60. The van der Waals surface area contributed by atoms with Crippen molar-refractivity contribution < 1.29 is 9.90 Å². The van der Waals surface area contributed by atoms with E-state index in [1.807, 2.05) is 13.8 Å². The van der Waals surface area contributed by atoms with E-state index in [0.29, 0.717) is 17.4 Å². The number of benzene rings is 1. The zero-order chi connectivity index (χ0) is 12.8. The molecule has 1 rings (SSSR count). The Morgan fingerprint density at radius 1 is 1.41 bits per heavy atom. The minimum atomic E-state index is -0.257. The Hall–Kier alpha value is -1.22. The van der Waals surface area contributed by atoms with E-state index >= 15 is 0 Å². The van der Waals surface area contributed by atoms with Crippen LogP contribution in [0.25, 0.3) is 0 Å². The monoisotopic (exact) mass is 255 g/mol. The van der Waals surface area contributed by atoms with Crippen molar-refractivity contribution in [1.29, 1.82) is 0 Å². The molecule has 0 radical (unpaired) electrons. The van der Waals surface area contributed by atoms with Crippen molar-refractivity contribution >= 4 is 17.5 Å². The molecule has 3 nitrogen and oxygen atoms in total. The summed E-state index contributed by atoms with van der Waals surface area (Å²) >= 11 is 5.70. The fraction of sp³-hybridized carbons (Fsp3) is 0.462. The van der Waals surface area contributed by atoms with Gasteiger partial charge in [-0.3, -0.25) is 4.79 Å². The van der Waals surface area contributed by atoms with Crippen LogP contribution in [0.3, 0.4) is 0 Å². The van der Waals surface area contributed by atoms with Crippen LogP contribution in [0, 0.1) is 5.92 Å². The Kier molecular flexibility index (Phi) is 5.29. The van der Waals surface area contributed by atoms with Crippen molar-refractivity contribution in [2.24, 2.45) is 5.92 Å². The first-order chi connectivity index (χ1) is 8.06. The van der Waals surface area contributed by atoms with Crippen LogP contribution in [0.5, 0.6) is 5.75 Å². The molecule has 0 fully saturated rings. The highest BCUT2D eigenvalue weighted by atomic mass is 35.5. The summed E-state index contributed by atoms with van der Waals surface area (Å²) in [6.07, 6.45) is 0.721. The molecular weight excluding hydrogens is 238 g/mol. The summed E-state index contributed by atoms with van der Waals surface area (Å²) < 4.78 is 0. The molecular formula is C13H18ClNO2. The SMILES string of the molecule is CC(C)C(CCCl)NC(=O)c1ccccc1O. The molecule has 1 aromatic carbocycles. The van der Waals surface area contributed by atoms with Gasteiger partial charge in [0.15, 0.2) is 0 Å². The van der Waals surface area contributed by atoms with E-state index < -0.39 is 0 Å². The molecule has 1 unspecified atom stereocenters. The summed E-state index contributed by atoms with van der Waals surface area (Å²) in [4.78, 5) is 11.9. The molecule has 1 atom stereocenters. The van der Waals surface area contributed by atoms with E-state index in [4.69, 9.17) is 11.6 Å². The molecule has 0 spiro atoms. The smallest absolute Gasteiger partial charge is 0.255 e. The third-order valence-corrected chi connectivity index (χ3v) is 2.91. The van der Waals surface area contributed by atoms with Crippen LogP contribution in [0.1, 0.15) is 30.6 Å². The van der Waals surface area contributed by atoms with Crippen molar-refractivity contribution in [3.63, 3.8) is 0 Å². The second-order valence-electron chi connectivity index (χ2n) is 4.32. The first-order valence-corrected chi connectivity index (χ1v) is 6.24. The highest BCUT2D eigenvalue weighted by Crippen LogP contribution is 2.16. The van der Waals surface area contributed by atoms with Gasteiger partial charge in [-0.2, -0.15) is 0 Å². The van der Waals surface area contributed by atoms with Crippen LogP contribution in [0.15, 0.2) is 24.3 Å². The molecule has 0 saturated heterocycles. The van der Waals surface area contributed by atoms with Gasteiger partial charge in [-0.15, -0.1) is 11.6 Å². The topological polar surface area (TPSA) is 49.3 Å². The summed E-state index contributed by atoms with van der Waals surface area (Å²) in [6, 6.07) is 6.54. The molecule has 0 aliphatic heterocycles. The summed E-state index contributed by atoms with van der Waals surface area (Å²) in [7, 11) is 0. The number of nitrogens with one attached hydrogen (secondary N) is 1. The van der Waals surface area contributed by atoms with E-state index in [2.05, 4.69) is 5.32 Å². The second-order valence-corrected chi connectivity index (χ2v) is 4.70. The van der Waals surface area contributed by atoms with Gasteiger partial charge < -0.3 is 10.4 Å². The lowest BCUT2D eigenvalue weighted by atomic mass is 10.0. The molecule has 0 aliphatic carbocycles. The number of hydrogen-bond donors (Lipinski definition) is 2. The predicted molar refractivity (Wildman–Crippen MR) is 69.5 cm³/mol. The Morgan fingerprint density at radius 2 is 2.06 bits per heavy atom. The number of para-hydroxylation sites is 1. The lowest BCUT2D eigenvalue weighted by molar-refractivity contribution is 0.0922. The second kappa shape index (κ2) is 6.50. The molecule has 4 heteroatoms. The van der Waals surface area contributed by atoms with Gasteiger partial charge in [0.1, 0.15) is 5.75 Å². The van der Waals surface area contributed by atoms with Crippen LogP contribution < -0.4 is 5.32 Å². The summed E-state index contributed by atoms with van der Waals surface area (Å²) in [5, 5.41) is 12.5. The van der Waals surface area contributed by atoms with Gasteiger partial charge in [0.2, 0.25) is 0 Å². The zero-order valence-electron chi connectivity index (χ0n) is 10.1. The summed E-state index contributed by atoms with van der Waals surface area (Å²) in [6.45, 7) is 4.06. The molecule has 0 heterocycles. The van der Waals surface area contributed by atoms with Crippen molar-refractivity contribution in [1.82, 2.24) is 5.32 Å². The molecule has 0 bridgehead atoms. The maximum Gasteiger partial charge on any atom is 0.255 e. The number of hydrogen-bond acceptors (Lipinski definition) is 2. The Labute approximate surface area is 107 Å². The van der Waals surface area contributed by atoms with Gasteiger partial charge >= 0.3 is 0 Å². The number of phenolic OH excluding ortho intramolecular Hbond substituents is 1. The first kappa shape index (κ1) is 13.8. The summed E-state index contributed by atoms with van der Waals surface area (Å²) in [5.41, 5.74) is 0.299. The van der Waals surface area contributed by atoms with Crippen LogP contribution in [-0.2, 0) is 0 Å². The number of carbonyl (C=O) groups excluding carboxylic acids is 1. The van der Waals surface area contributed by atoms with E-state index in [1.165, 1.54) is 6.07 Å². The maximum atomic E-state index is 11.9. The number of rotatable bonds is 5. The molecule has 1 amide bonds. The van der Waals surface area contributed by atoms with Gasteiger partial charge in [0.05, 0.1) is 5.56 Å². The molecule has 0 aliphatic rings. The van der Waals surface area contributed by atoms with Crippen LogP contribution in [-0.4, -0.2) is 22.9 Å². The number of alkyl halides is 1. The Balaban J connectivity index is 2.74. The average molecular weight is 256 g/mol. The number of amides is 1. The molecule has 2 N–H and O–H groups in total. The van der Waals surface area contributed by atoms with Gasteiger partial charge in [-0.05, 0) is 24.5 Å². The predicted octanol–water partition coefficient (Wildman–Crippen LogP) is 2.78. The minimum absolute atomic E-state index is 0.00150. The highest BCUT2D eigenvalue weighted by molar-refractivity contribution is 6.17. The van der Waals surface area contributed by atoms with Crippen molar-refractivity contribution in [2.45, 2.75) is 26.3 Å². The number of aromatic hydroxyl groups is 1. The number of carbonyl (C=O) groups is 1. The molecule has 94 valence electrons. The van der Waals surface area contributed by atoms with Gasteiger partial charge in [0, 0.05) is 11.9 Å².